The highest BCUT2D eigenvalue weighted by Crippen LogP contribution is 2.42. The minimum absolute atomic E-state index is 0.184. The highest BCUT2D eigenvalue weighted by molar-refractivity contribution is 8.13. The third kappa shape index (κ3) is 1.79. The summed E-state index contributed by atoms with van der Waals surface area (Å²) in [5.41, 5.74) is 0.641. The van der Waals surface area contributed by atoms with E-state index in [1.54, 1.807) is 4.68 Å². The van der Waals surface area contributed by atoms with E-state index in [4.69, 9.17) is 10.7 Å². The Morgan fingerprint density at radius 2 is 2.29 bits per heavy atom. The van der Waals surface area contributed by atoms with Gasteiger partial charge < -0.3 is 0 Å². The van der Waals surface area contributed by atoms with Gasteiger partial charge in [-0.15, -0.1) is 0 Å². The maximum absolute atomic E-state index is 11.2. The summed E-state index contributed by atoms with van der Waals surface area (Å²) in [6.07, 6.45) is 3.54. The molecule has 1 heterocycles. The first-order valence-electron chi connectivity index (χ1n) is 4.54. The Kier molecular flexibility index (Phi) is 2.31. The Labute approximate surface area is 87.3 Å². The van der Waals surface area contributed by atoms with Crippen LogP contribution in [0, 0.1) is 0 Å². The van der Waals surface area contributed by atoms with E-state index in [-0.39, 0.29) is 4.90 Å². The average Bonchev–Trinajstić information content (AvgIpc) is 2.83. The fourth-order valence-corrected chi connectivity index (χ4v) is 2.47. The van der Waals surface area contributed by atoms with Crippen LogP contribution in [-0.2, 0) is 15.6 Å². The Hall–Kier alpha value is -0.550. The molecule has 4 nitrogen and oxygen atoms in total. The van der Waals surface area contributed by atoms with E-state index in [1.807, 2.05) is 6.92 Å². The van der Waals surface area contributed by atoms with Crippen molar-refractivity contribution >= 4 is 19.7 Å². The second-order valence-corrected chi connectivity index (χ2v) is 5.98. The van der Waals surface area contributed by atoms with Gasteiger partial charge >= 0.3 is 0 Å². The van der Waals surface area contributed by atoms with Crippen molar-refractivity contribution in [2.45, 2.75) is 37.1 Å². The molecule has 0 aromatic carbocycles. The zero-order valence-electron chi connectivity index (χ0n) is 7.77. The molecule has 0 N–H and O–H groups in total. The second kappa shape index (κ2) is 3.24. The fourth-order valence-electron chi connectivity index (χ4n) is 1.41. The number of hydrogen-bond donors (Lipinski definition) is 0. The molecular weight excluding hydrogens is 224 g/mol. The molecule has 78 valence electrons. The van der Waals surface area contributed by atoms with Crippen molar-refractivity contribution < 1.29 is 8.42 Å². The lowest BCUT2D eigenvalue weighted by Crippen LogP contribution is -1.95. The molecule has 1 aromatic heterocycles. The van der Waals surface area contributed by atoms with Gasteiger partial charge in [0.1, 0.15) is 4.90 Å². The van der Waals surface area contributed by atoms with Crippen molar-refractivity contribution in [3.05, 3.63) is 11.9 Å². The predicted molar refractivity (Wildman–Crippen MR) is 52.9 cm³/mol. The standard InChI is InChI=1S/C8H11ClN2O2S/c1-2-11-5-7(14(9,12)13)8(10-11)6-3-4-6/h5-6H,2-4H2,1H3. The molecule has 0 saturated heterocycles. The monoisotopic (exact) mass is 234 g/mol. The van der Waals surface area contributed by atoms with Crippen LogP contribution in [0.1, 0.15) is 31.4 Å². The van der Waals surface area contributed by atoms with Gasteiger partial charge in [-0.1, -0.05) is 0 Å². The Morgan fingerprint density at radius 3 is 2.71 bits per heavy atom. The SMILES string of the molecule is CCn1cc(S(=O)(=O)Cl)c(C2CC2)n1. The van der Waals surface area contributed by atoms with E-state index in [2.05, 4.69) is 5.10 Å². The summed E-state index contributed by atoms with van der Waals surface area (Å²) < 4.78 is 24.1. The van der Waals surface area contributed by atoms with Gasteiger partial charge in [-0.2, -0.15) is 5.10 Å². The normalized spacial score (nSPS) is 17.3. The number of nitrogens with zero attached hydrogens (tertiary/aromatic N) is 2. The topological polar surface area (TPSA) is 52.0 Å². The molecule has 0 unspecified atom stereocenters. The zero-order chi connectivity index (χ0) is 10.3. The molecule has 0 amide bonds. The largest absolute Gasteiger partial charge is 0.271 e. The van der Waals surface area contributed by atoms with Crippen molar-refractivity contribution in [3.63, 3.8) is 0 Å². The average molecular weight is 235 g/mol. The first-order valence-corrected chi connectivity index (χ1v) is 6.85. The van der Waals surface area contributed by atoms with Crippen LogP contribution in [0.2, 0.25) is 0 Å². The number of rotatable bonds is 3. The van der Waals surface area contributed by atoms with Crippen molar-refractivity contribution in [1.82, 2.24) is 9.78 Å². The second-order valence-electron chi connectivity index (χ2n) is 3.45. The van der Waals surface area contributed by atoms with Crippen LogP contribution in [0.3, 0.4) is 0 Å². The highest BCUT2D eigenvalue weighted by Gasteiger charge is 2.33. The molecule has 1 aromatic rings. The maximum Gasteiger partial charge on any atom is 0.264 e. The van der Waals surface area contributed by atoms with Crippen LogP contribution in [-0.4, -0.2) is 18.2 Å². The van der Waals surface area contributed by atoms with Crippen LogP contribution in [0.4, 0.5) is 0 Å². The third-order valence-corrected chi connectivity index (χ3v) is 3.64. The van der Waals surface area contributed by atoms with Gasteiger partial charge in [0.05, 0.1) is 5.69 Å². The summed E-state index contributed by atoms with van der Waals surface area (Å²) >= 11 is 0. The van der Waals surface area contributed by atoms with Gasteiger partial charge in [0.15, 0.2) is 0 Å². The molecule has 0 atom stereocenters. The lowest BCUT2D eigenvalue weighted by molar-refractivity contribution is 0.608. The predicted octanol–water partition coefficient (Wildman–Crippen LogP) is 1.71. The molecule has 1 fully saturated rings. The molecule has 0 radical (unpaired) electrons. The number of halogens is 1. The van der Waals surface area contributed by atoms with Crippen molar-refractivity contribution in [2.75, 3.05) is 0 Å². The van der Waals surface area contributed by atoms with Crippen molar-refractivity contribution in [1.29, 1.82) is 0 Å². The Morgan fingerprint density at radius 1 is 1.64 bits per heavy atom. The number of aryl methyl sites for hydroxylation is 1. The molecule has 1 aliphatic carbocycles. The Bertz CT molecular complexity index is 448. The van der Waals surface area contributed by atoms with Gasteiger partial charge in [-0.25, -0.2) is 8.42 Å². The molecule has 0 bridgehead atoms. The molecule has 14 heavy (non-hydrogen) atoms. The smallest absolute Gasteiger partial charge is 0.264 e. The minimum Gasteiger partial charge on any atom is -0.271 e. The van der Waals surface area contributed by atoms with Gasteiger partial charge in [-0.05, 0) is 19.8 Å². The summed E-state index contributed by atoms with van der Waals surface area (Å²) in [5, 5.41) is 4.21. The van der Waals surface area contributed by atoms with Crippen LogP contribution < -0.4 is 0 Å². The molecule has 0 spiro atoms. The van der Waals surface area contributed by atoms with E-state index in [0.717, 1.165) is 12.8 Å². The van der Waals surface area contributed by atoms with Crippen LogP contribution in [0.15, 0.2) is 11.1 Å². The summed E-state index contributed by atoms with van der Waals surface area (Å²) in [4.78, 5) is 0.184. The quantitative estimate of drug-likeness (QED) is 0.749. The molecule has 1 aliphatic rings. The third-order valence-electron chi connectivity index (χ3n) is 2.31. The first kappa shape index (κ1) is 9.98. The number of hydrogen-bond acceptors (Lipinski definition) is 3. The van der Waals surface area contributed by atoms with Crippen LogP contribution in [0.25, 0.3) is 0 Å². The minimum atomic E-state index is -3.64. The zero-order valence-corrected chi connectivity index (χ0v) is 9.35. The lowest BCUT2D eigenvalue weighted by atomic mass is 10.3. The maximum atomic E-state index is 11.2. The number of aromatic nitrogens is 2. The van der Waals surface area contributed by atoms with E-state index in [9.17, 15) is 8.42 Å². The molecule has 1 saturated carbocycles. The van der Waals surface area contributed by atoms with Gasteiger partial charge in [0.2, 0.25) is 0 Å². The van der Waals surface area contributed by atoms with Crippen LogP contribution >= 0.6 is 10.7 Å². The van der Waals surface area contributed by atoms with Crippen LogP contribution in [0.5, 0.6) is 0 Å². The summed E-state index contributed by atoms with van der Waals surface area (Å²) in [7, 11) is 1.69. The van der Waals surface area contributed by atoms with Gasteiger partial charge in [0, 0.05) is 29.3 Å². The lowest BCUT2D eigenvalue weighted by Gasteiger charge is -1.93. The van der Waals surface area contributed by atoms with Gasteiger partial charge in [-0.3, -0.25) is 4.68 Å². The molecule has 6 heteroatoms. The van der Waals surface area contributed by atoms with Crippen molar-refractivity contribution in [2.24, 2.45) is 0 Å². The Balaban J connectivity index is 2.51. The molecule has 2 rings (SSSR count). The van der Waals surface area contributed by atoms with Gasteiger partial charge in [0.25, 0.3) is 9.05 Å². The first-order chi connectivity index (χ1) is 6.52. The van der Waals surface area contributed by atoms with E-state index < -0.39 is 9.05 Å². The molecule has 0 aliphatic heterocycles. The van der Waals surface area contributed by atoms with E-state index in [0.29, 0.717) is 18.2 Å². The van der Waals surface area contributed by atoms with Crippen molar-refractivity contribution in [3.8, 4) is 0 Å². The summed E-state index contributed by atoms with van der Waals surface area (Å²) in [6.45, 7) is 2.57. The summed E-state index contributed by atoms with van der Waals surface area (Å²) in [6, 6.07) is 0. The molecular formula is C8H11ClN2O2S. The van der Waals surface area contributed by atoms with E-state index >= 15 is 0 Å². The summed E-state index contributed by atoms with van der Waals surface area (Å²) in [5.74, 6) is 0.298. The highest BCUT2D eigenvalue weighted by atomic mass is 35.7. The fraction of sp³-hybridized carbons (Fsp3) is 0.625. The van der Waals surface area contributed by atoms with E-state index in [1.165, 1.54) is 6.20 Å².